The predicted molar refractivity (Wildman–Crippen MR) is 273 cm³/mol. The van der Waals surface area contributed by atoms with Crippen LogP contribution in [0.1, 0.15) is 77.8 Å². The molecule has 0 aromatic heterocycles. The average molecular weight is 832 g/mol. The van der Waals surface area contributed by atoms with Gasteiger partial charge in [-0.05, 0) is 154 Å². The van der Waals surface area contributed by atoms with E-state index in [1.165, 1.54) is 111 Å². The second kappa shape index (κ2) is 13.5. The van der Waals surface area contributed by atoms with Crippen LogP contribution in [-0.4, -0.2) is 0 Å². The van der Waals surface area contributed by atoms with Crippen molar-refractivity contribution >= 4 is 38.6 Å². The van der Waals surface area contributed by atoms with Crippen LogP contribution in [0.25, 0.3) is 54.9 Å². The molecule has 3 aliphatic carbocycles. The lowest BCUT2D eigenvalue weighted by Crippen LogP contribution is -2.40. The summed E-state index contributed by atoms with van der Waals surface area (Å²) in [7, 11) is 0. The van der Waals surface area contributed by atoms with Crippen molar-refractivity contribution in [2.24, 2.45) is 0 Å². The highest BCUT2D eigenvalue weighted by atomic mass is 15.1. The van der Waals surface area contributed by atoms with Gasteiger partial charge in [-0.2, -0.15) is 0 Å². The summed E-state index contributed by atoms with van der Waals surface area (Å²) >= 11 is 0. The van der Waals surface area contributed by atoms with Crippen LogP contribution in [0.3, 0.4) is 0 Å². The zero-order valence-corrected chi connectivity index (χ0v) is 37.6. The lowest BCUT2D eigenvalue weighted by molar-refractivity contribution is 0.563. The van der Waals surface area contributed by atoms with Gasteiger partial charge in [0.25, 0.3) is 0 Å². The highest BCUT2D eigenvalue weighted by Gasteiger charge is 2.53. The lowest BCUT2D eigenvalue weighted by Gasteiger charge is -2.46. The summed E-state index contributed by atoms with van der Waals surface area (Å²) in [6.45, 7) is 11.9. The molecule has 1 spiro atoms. The van der Waals surface area contributed by atoms with Crippen molar-refractivity contribution < 1.29 is 0 Å². The molecule has 0 bridgehead atoms. The van der Waals surface area contributed by atoms with Gasteiger partial charge in [-0.1, -0.05) is 191 Å². The third-order valence-corrected chi connectivity index (χ3v) is 15.6. The van der Waals surface area contributed by atoms with Crippen molar-refractivity contribution in [2.45, 2.75) is 50.9 Å². The van der Waals surface area contributed by atoms with Crippen LogP contribution in [0.5, 0.6) is 0 Å². The Balaban J connectivity index is 1.06. The zero-order chi connectivity index (χ0) is 43.8. The van der Waals surface area contributed by atoms with Crippen LogP contribution in [0.2, 0.25) is 0 Å². The number of hydrogen-bond acceptors (Lipinski definition) is 1. The third kappa shape index (κ3) is 5.10. The molecule has 13 rings (SSSR count). The van der Waals surface area contributed by atoms with Gasteiger partial charge in [-0.25, -0.2) is 0 Å². The molecular formula is C64H49N. The van der Waals surface area contributed by atoms with Gasteiger partial charge in [0.05, 0.1) is 5.41 Å². The molecule has 1 heteroatoms. The fourth-order valence-corrected chi connectivity index (χ4v) is 12.6. The zero-order valence-electron chi connectivity index (χ0n) is 37.6. The molecule has 0 atom stereocenters. The number of benzene rings is 10. The summed E-state index contributed by atoms with van der Waals surface area (Å²) < 4.78 is 0. The SMILES string of the molecule is Cc1cc(-c2cc3ccccc3c3ccccc23)ccc1N(c1ccc2c(c1)C(C)(C)c1ccccc1-2)c1ccc2c(c1)C1(c3ccccc3-2)c2ccccc2C(C)(C)c2ccccc21. The minimum absolute atomic E-state index is 0.143. The quantitative estimate of drug-likeness (QED) is 0.160. The molecule has 0 radical (unpaired) electrons. The summed E-state index contributed by atoms with van der Waals surface area (Å²) in [6, 6.07) is 78.3. The van der Waals surface area contributed by atoms with E-state index in [2.05, 4.69) is 246 Å². The van der Waals surface area contributed by atoms with Gasteiger partial charge < -0.3 is 4.90 Å². The molecule has 0 unspecified atom stereocenters. The normalized spacial score (nSPS) is 15.2. The molecule has 310 valence electrons. The average Bonchev–Trinajstić information content (AvgIpc) is 3.76. The molecule has 0 saturated heterocycles. The summed E-state index contributed by atoms with van der Waals surface area (Å²) in [6.07, 6.45) is 0. The van der Waals surface area contributed by atoms with E-state index in [1.54, 1.807) is 0 Å². The van der Waals surface area contributed by atoms with E-state index in [-0.39, 0.29) is 10.8 Å². The van der Waals surface area contributed by atoms with Gasteiger partial charge in [0.15, 0.2) is 0 Å². The number of rotatable bonds is 4. The van der Waals surface area contributed by atoms with Crippen molar-refractivity contribution in [2.75, 3.05) is 4.90 Å². The van der Waals surface area contributed by atoms with Crippen LogP contribution in [0.15, 0.2) is 206 Å². The Hall–Kier alpha value is -7.48. The summed E-state index contributed by atoms with van der Waals surface area (Å²) in [5.74, 6) is 0. The maximum Gasteiger partial charge on any atom is 0.0720 e. The highest BCUT2D eigenvalue weighted by Crippen LogP contribution is 2.63. The van der Waals surface area contributed by atoms with Crippen LogP contribution in [0.4, 0.5) is 17.1 Å². The van der Waals surface area contributed by atoms with Crippen LogP contribution < -0.4 is 4.90 Å². The first-order valence-electron chi connectivity index (χ1n) is 23.2. The van der Waals surface area contributed by atoms with Gasteiger partial charge in [-0.3, -0.25) is 0 Å². The fourth-order valence-electron chi connectivity index (χ4n) is 12.6. The Kier molecular flexibility index (Phi) is 7.91. The Morgan fingerprint density at radius 1 is 0.323 bits per heavy atom. The Morgan fingerprint density at radius 2 is 0.800 bits per heavy atom. The molecule has 10 aromatic rings. The van der Waals surface area contributed by atoms with Crippen molar-refractivity contribution in [1.82, 2.24) is 0 Å². The molecule has 1 nitrogen and oxygen atoms in total. The maximum absolute atomic E-state index is 2.54. The van der Waals surface area contributed by atoms with Crippen LogP contribution in [0, 0.1) is 6.92 Å². The second-order valence-corrected chi connectivity index (χ2v) is 19.7. The van der Waals surface area contributed by atoms with Gasteiger partial charge in [-0.15, -0.1) is 0 Å². The molecule has 3 aliphatic rings. The molecule has 0 saturated carbocycles. The lowest BCUT2D eigenvalue weighted by atomic mass is 9.55. The first-order valence-corrected chi connectivity index (χ1v) is 23.2. The number of hydrogen-bond donors (Lipinski definition) is 0. The second-order valence-electron chi connectivity index (χ2n) is 19.7. The maximum atomic E-state index is 2.54. The first kappa shape index (κ1) is 38.0. The summed E-state index contributed by atoms with van der Waals surface area (Å²) in [5.41, 5.74) is 22.6. The van der Waals surface area contributed by atoms with Crippen molar-refractivity contribution in [1.29, 1.82) is 0 Å². The van der Waals surface area contributed by atoms with E-state index in [0.717, 1.165) is 11.4 Å². The fraction of sp³-hybridized carbons (Fsp3) is 0.125. The number of aryl methyl sites for hydroxylation is 1. The number of fused-ring (bicyclic) bond motifs is 15. The monoisotopic (exact) mass is 831 g/mol. The van der Waals surface area contributed by atoms with Crippen LogP contribution >= 0.6 is 0 Å². The van der Waals surface area contributed by atoms with Gasteiger partial charge in [0, 0.05) is 27.9 Å². The molecule has 0 fully saturated rings. The topological polar surface area (TPSA) is 3.24 Å². The number of anilines is 3. The molecule has 0 aliphatic heterocycles. The Morgan fingerprint density at radius 3 is 1.46 bits per heavy atom. The largest absolute Gasteiger partial charge is 0.310 e. The van der Waals surface area contributed by atoms with Crippen LogP contribution in [-0.2, 0) is 16.2 Å². The Labute approximate surface area is 382 Å². The molecule has 0 heterocycles. The minimum atomic E-state index is -0.492. The van der Waals surface area contributed by atoms with E-state index in [1.807, 2.05) is 0 Å². The number of nitrogens with zero attached hydrogens (tertiary/aromatic N) is 1. The molecule has 10 aromatic carbocycles. The Bertz CT molecular complexity index is 3590. The predicted octanol–water partition coefficient (Wildman–Crippen LogP) is 16.7. The van der Waals surface area contributed by atoms with E-state index in [4.69, 9.17) is 0 Å². The third-order valence-electron chi connectivity index (χ3n) is 15.6. The molecular weight excluding hydrogens is 783 g/mol. The van der Waals surface area contributed by atoms with Gasteiger partial charge in [0.2, 0.25) is 0 Å². The highest BCUT2D eigenvalue weighted by molar-refractivity contribution is 6.14. The van der Waals surface area contributed by atoms with E-state index in [0.29, 0.717) is 0 Å². The molecule has 0 amide bonds. The van der Waals surface area contributed by atoms with Gasteiger partial charge in [0.1, 0.15) is 0 Å². The first-order chi connectivity index (χ1) is 31.7. The standard InChI is InChI=1S/C64H49N/c1-40-36-42(52-37-41-18-6-7-19-45(41)46-20-8-9-21-47(46)52)30-35-61(40)65(43-31-33-50-48-22-10-12-24-53(48)62(2,3)59(50)38-43)44-32-34-51-49-23-11-13-25-54(49)64(60(51)39-44)57-28-16-14-26-55(57)63(4,5)56-27-15-17-29-58(56)64/h6-39H,1-5H3. The summed E-state index contributed by atoms with van der Waals surface area (Å²) in [4.78, 5) is 2.54. The summed E-state index contributed by atoms with van der Waals surface area (Å²) in [5, 5.41) is 5.10. The van der Waals surface area contributed by atoms with Crippen molar-refractivity contribution in [3.63, 3.8) is 0 Å². The van der Waals surface area contributed by atoms with E-state index >= 15 is 0 Å². The van der Waals surface area contributed by atoms with E-state index < -0.39 is 5.41 Å². The van der Waals surface area contributed by atoms with Crippen molar-refractivity contribution in [3.8, 4) is 33.4 Å². The van der Waals surface area contributed by atoms with E-state index in [9.17, 15) is 0 Å². The van der Waals surface area contributed by atoms with Crippen molar-refractivity contribution in [3.05, 3.63) is 256 Å². The molecule has 65 heavy (non-hydrogen) atoms. The smallest absolute Gasteiger partial charge is 0.0720 e. The molecule has 0 N–H and O–H groups in total. The minimum Gasteiger partial charge on any atom is -0.310 e. The van der Waals surface area contributed by atoms with Gasteiger partial charge >= 0.3 is 0 Å².